The van der Waals surface area contributed by atoms with Gasteiger partial charge in [-0.1, -0.05) is 23.7 Å². The molecule has 17 heavy (non-hydrogen) atoms. The lowest BCUT2D eigenvalue weighted by atomic mass is 10.3. The molecule has 0 unspecified atom stereocenters. The van der Waals surface area contributed by atoms with Crippen LogP contribution < -0.4 is 9.47 Å². The maximum Gasteiger partial charge on any atom is 0.242 e. The van der Waals surface area contributed by atoms with Crippen LogP contribution in [0.25, 0.3) is 0 Å². The number of ether oxygens (including phenoxy) is 2. The van der Waals surface area contributed by atoms with Crippen molar-refractivity contribution in [3.8, 4) is 17.4 Å². The van der Waals surface area contributed by atoms with Crippen molar-refractivity contribution in [2.45, 2.75) is 0 Å². The van der Waals surface area contributed by atoms with E-state index in [9.17, 15) is 0 Å². The van der Waals surface area contributed by atoms with Gasteiger partial charge in [0.1, 0.15) is 5.02 Å². The van der Waals surface area contributed by atoms with Crippen molar-refractivity contribution in [3.63, 3.8) is 0 Å². The highest BCUT2D eigenvalue weighted by atomic mass is 35.5. The summed E-state index contributed by atoms with van der Waals surface area (Å²) < 4.78 is 10.7. The Morgan fingerprint density at radius 3 is 2.53 bits per heavy atom. The van der Waals surface area contributed by atoms with Crippen LogP contribution in [-0.2, 0) is 0 Å². The van der Waals surface area contributed by atoms with Crippen LogP contribution in [0.15, 0.2) is 30.5 Å². The molecule has 88 valence electrons. The second kappa shape index (κ2) is 5.21. The van der Waals surface area contributed by atoms with E-state index in [4.69, 9.17) is 32.7 Å². The number of nitrogens with zero attached hydrogens (tertiary/aromatic N) is 2. The summed E-state index contributed by atoms with van der Waals surface area (Å²) in [5, 5.41) is 0.347. The standard InChI is InChI=1S/C11H8Cl2N2O2/c1-16-8-4-2-3-5-9(8)17-10-7(12)6-14-11(13)15-10/h2-6H,1H3. The average molecular weight is 271 g/mol. The second-order valence-corrected chi connectivity index (χ2v) is 3.79. The smallest absolute Gasteiger partial charge is 0.242 e. The van der Waals surface area contributed by atoms with Crippen molar-refractivity contribution in [1.82, 2.24) is 9.97 Å². The Bertz CT molecular complexity index is 535. The zero-order valence-electron chi connectivity index (χ0n) is 8.85. The molecule has 2 aromatic rings. The molecule has 6 heteroatoms. The highest BCUT2D eigenvalue weighted by molar-refractivity contribution is 6.32. The first-order valence-electron chi connectivity index (χ1n) is 4.69. The fourth-order valence-electron chi connectivity index (χ4n) is 1.21. The van der Waals surface area contributed by atoms with E-state index in [1.54, 1.807) is 19.2 Å². The van der Waals surface area contributed by atoms with Gasteiger partial charge in [-0.2, -0.15) is 4.98 Å². The Morgan fingerprint density at radius 2 is 1.82 bits per heavy atom. The van der Waals surface area contributed by atoms with Crippen LogP contribution in [0.1, 0.15) is 0 Å². The maximum absolute atomic E-state index is 5.89. The fraction of sp³-hybridized carbons (Fsp3) is 0.0909. The molecule has 0 aliphatic rings. The number of benzene rings is 1. The molecule has 0 bridgehead atoms. The van der Waals surface area contributed by atoms with Crippen molar-refractivity contribution in [2.24, 2.45) is 0 Å². The molecule has 2 rings (SSSR count). The van der Waals surface area contributed by atoms with Gasteiger partial charge in [-0.25, -0.2) is 4.98 Å². The van der Waals surface area contributed by atoms with Crippen molar-refractivity contribution >= 4 is 23.2 Å². The minimum absolute atomic E-state index is 0.0688. The van der Waals surface area contributed by atoms with Crippen LogP contribution in [0, 0.1) is 0 Å². The first-order valence-corrected chi connectivity index (χ1v) is 5.45. The SMILES string of the molecule is COc1ccccc1Oc1nc(Cl)ncc1Cl. The Hall–Kier alpha value is -1.52. The average Bonchev–Trinajstić information content (AvgIpc) is 2.34. The molecule has 1 heterocycles. The monoisotopic (exact) mass is 270 g/mol. The van der Waals surface area contributed by atoms with E-state index in [0.29, 0.717) is 11.5 Å². The Morgan fingerprint density at radius 1 is 1.12 bits per heavy atom. The second-order valence-electron chi connectivity index (χ2n) is 3.05. The lowest BCUT2D eigenvalue weighted by Gasteiger charge is -2.09. The van der Waals surface area contributed by atoms with Crippen molar-refractivity contribution in [2.75, 3.05) is 7.11 Å². The molecule has 0 saturated carbocycles. The Balaban J connectivity index is 2.34. The summed E-state index contributed by atoms with van der Waals surface area (Å²) in [4.78, 5) is 7.62. The van der Waals surface area contributed by atoms with Gasteiger partial charge in [-0.05, 0) is 23.7 Å². The molecule has 0 aliphatic heterocycles. The molecule has 1 aromatic carbocycles. The highest BCUT2D eigenvalue weighted by Gasteiger charge is 2.10. The number of methoxy groups -OCH3 is 1. The van der Waals surface area contributed by atoms with E-state index in [0.717, 1.165) is 0 Å². The molecule has 0 aliphatic carbocycles. The molecular formula is C11H8Cl2N2O2. The first kappa shape index (κ1) is 12.0. The van der Waals surface area contributed by atoms with Crippen LogP contribution in [0.5, 0.6) is 17.4 Å². The van der Waals surface area contributed by atoms with Crippen LogP contribution in [0.3, 0.4) is 0 Å². The maximum atomic E-state index is 5.89. The van der Waals surface area contributed by atoms with Crippen molar-refractivity contribution < 1.29 is 9.47 Å². The predicted molar refractivity (Wildman–Crippen MR) is 65.1 cm³/mol. The Kier molecular flexibility index (Phi) is 3.66. The summed E-state index contributed by atoms with van der Waals surface area (Å²) in [7, 11) is 1.55. The molecule has 0 fully saturated rings. The van der Waals surface area contributed by atoms with Crippen LogP contribution >= 0.6 is 23.2 Å². The Labute approximate surface area is 108 Å². The van der Waals surface area contributed by atoms with Crippen LogP contribution in [-0.4, -0.2) is 17.1 Å². The highest BCUT2D eigenvalue weighted by Crippen LogP contribution is 2.33. The molecule has 4 nitrogen and oxygen atoms in total. The third kappa shape index (κ3) is 2.78. The zero-order chi connectivity index (χ0) is 12.3. The topological polar surface area (TPSA) is 44.2 Å². The van der Waals surface area contributed by atoms with Gasteiger partial charge in [0.15, 0.2) is 11.5 Å². The number of hydrogen-bond donors (Lipinski definition) is 0. The van der Waals surface area contributed by atoms with Gasteiger partial charge in [0, 0.05) is 0 Å². The summed E-state index contributed by atoms with van der Waals surface area (Å²) in [6.07, 6.45) is 1.38. The molecule has 0 N–H and O–H groups in total. The number of halogens is 2. The van der Waals surface area contributed by atoms with Gasteiger partial charge < -0.3 is 9.47 Å². The van der Waals surface area contributed by atoms with Crippen LogP contribution in [0.2, 0.25) is 10.3 Å². The summed E-state index contributed by atoms with van der Waals surface area (Å²) in [6, 6.07) is 7.16. The third-order valence-corrected chi connectivity index (χ3v) is 2.40. The lowest BCUT2D eigenvalue weighted by Crippen LogP contribution is -1.94. The van der Waals surface area contributed by atoms with Gasteiger partial charge >= 0.3 is 0 Å². The molecule has 0 spiro atoms. The molecule has 0 atom stereocenters. The molecule has 0 amide bonds. The summed E-state index contributed by atoms with van der Waals surface area (Å²) in [5.41, 5.74) is 0. The molecule has 1 aromatic heterocycles. The number of para-hydroxylation sites is 2. The first-order chi connectivity index (χ1) is 8.20. The van der Waals surface area contributed by atoms with Gasteiger partial charge in [0.25, 0.3) is 0 Å². The van der Waals surface area contributed by atoms with Gasteiger partial charge in [0.2, 0.25) is 11.2 Å². The van der Waals surface area contributed by atoms with Gasteiger partial charge in [0.05, 0.1) is 13.3 Å². The summed E-state index contributed by atoms with van der Waals surface area (Å²) in [5.74, 6) is 1.28. The molecule has 0 saturated heterocycles. The molecule has 0 radical (unpaired) electrons. The number of aromatic nitrogens is 2. The molecular weight excluding hydrogens is 263 g/mol. The fourth-order valence-corrected chi connectivity index (χ4v) is 1.47. The van der Waals surface area contributed by atoms with E-state index >= 15 is 0 Å². The van der Waals surface area contributed by atoms with E-state index in [-0.39, 0.29) is 16.2 Å². The number of hydrogen-bond acceptors (Lipinski definition) is 4. The van der Waals surface area contributed by atoms with E-state index in [1.165, 1.54) is 6.20 Å². The number of rotatable bonds is 3. The minimum atomic E-state index is 0.0688. The summed E-state index contributed by atoms with van der Waals surface area (Å²) in [6.45, 7) is 0. The lowest BCUT2D eigenvalue weighted by molar-refractivity contribution is 0.374. The normalized spacial score (nSPS) is 10.1. The van der Waals surface area contributed by atoms with Gasteiger partial charge in [-0.3, -0.25) is 0 Å². The van der Waals surface area contributed by atoms with Crippen molar-refractivity contribution in [3.05, 3.63) is 40.8 Å². The predicted octanol–water partition coefficient (Wildman–Crippen LogP) is 3.58. The van der Waals surface area contributed by atoms with Gasteiger partial charge in [-0.15, -0.1) is 0 Å². The minimum Gasteiger partial charge on any atom is -0.493 e. The van der Waals surface area contributed by atoms with Crippen LogP contribution in [0.4, 0.5) is 0 Å². The van der Waals surface area contributed by atoms with E-state index < -0.39 is 0 Å². The quantitative estimate of drug-likeness (QED) is 0.800. The third-order valence-electron chi connectivity index (χ3n) is 1.96. The zero-order valence-corrected chi connectivity index (χ0v) is 10.4. The van der Waals surface area contributed by atoms with E-state index in [1.807, 2.05) is 12.1 Å². The summed E-state index contributed by atoms with van der Waals surface area (Å²) >= 11 is 11.6. The van der Waals surface area contributed by atoms with E-state index in [2.05, 4.69) is 9.97 Å². The largest absolute Gasteiger partial charge is 0.493 e. The van der Waals surface area contributed by atoms with Crippen molar-refractivity contribution in [1.29, 1.82) is 0 Å².